The van der Waals surface area contributed by atoms with Crippen LogP contribution in [0.5, 0.6) is 0 Å². The monoisotopic (exact) mass is 454 g/mol. The van der Waals surface area contributed by atoms with Gasteiger partial charge in [0.1, 0.15) is 0 Å². The summed E-state index contributed by atoms with van der Waals surface area (Å²) in [4.78, 5) is 27.0. The molecule has 0 aliphatic carbocycles. The van der Waals surface area contributed by atoms with Gasteiger partial charge in [-0.2, -0.15) is 13.2 Å². The molecule has 4 nitrogen and oxygen atoms in total. The Bertz CT molecular complexity index is 1030. The van der Waals surface area contributed by atoms with Gasteiger partial charge in [-0.3, -0.25) is 9.59 Å². The van der Waals surface area contributed by atoms with E-state index in [1.807, 2.05) is 60.7 Å². The molecule has 0 saturated carbocycles. The zero-order valence-corrected chi connectivity index (χ0v) is 18.2. The fraction of sp³-hybridized carbons (Fsp3) is 0.231. The van der Waals surface area contributed by atoms with E-state index >= 15 is 0 Å². The fourth-order valence-corrected chi connectivity index (χ4v) is 3.68. The first-order valence-corrected chi connectivity index (χ1v) is 10.6. The summed E-state index contributed by atoms with van der Waals surface area (Å²) in [7, 11) is 0. The summed E-state index contributed by atoms with van der Waals surface area (Å²) in [5.74, 6) is -1.14. The number of carbonyl (C=O) groups is 2. The van der Waals surface area contributed by atoms with Crippen LogP contribution in [0.3, 0.4) is 0 Å². The number of nitrogens with one attached hydrogen (secondary N) is 1. The average molecular weight is 454 g/mol. The van der Waals surface area contributed by atoms with Gasteiger partial charge in [0.25, 0.3) is 0 Å². The topological polar surface area (TPSA) is 49.4 Å². The van der Waals surface area contributed by atoms with Gasteiger partial charge >= 0.3 is 6.18 Å². The molecule has 1 N–H and O–H groups in total. The maximum atomic E-state index is 13.2. The molecular weight excluding hydrogens is 429 g/mol. The molecule has 0 saturated heterocycles. The van der Waals surface area contributed by atoms with Crippen molar-refractivity contribution in [2.45, 2.75) is 25.4 Å². The number of para-hydroxylation sites is 1. The maximum Gasteiger partial charge on any atom is 0.418 e. The number of rotatable bonds is 8. The Labute approximate surface area is 191 Å². The number of likely N-dealkylation sites (N-methyl/N-ethyl adjacent to an activating group) is 1. The first-order chi connectivity index (χ1) is 15.8. The number of alkyl halides is 3. The lowest BCUT2D eigenvalue weighted by molar-refractivity contribution is -0.137. The predicted octanol–water partition coefficient (Wildman–Crippen LogP) is 5.71. The second-order valence-electron chi connectivity index (χ2n) is 7.58. The first kappa shape index (κ1) is 24.0. The van der Waals surface area contributed by atoms with Crippen LogP contribution in [0.15, 0.2) is 84.9 Å². The van der Waals surface area contributed by atoms with E-state index in [2.05, 4.69) is 5.32 Å². The van der Waals surface area contributed by atoms with Crippen LogP contribution >= 0.6 is 0 Å². The van der Waals surface area contributed by atoms with Crippen molar-refractivity contribution in [1.29, 1.82) is 0 Å². The van der Waals surface area contributed by atoms with Gasteiger partial charge in [-0.1, -0.05) is 72.8 Å². The molecule has 0 aromatic heterocycles. The summed E-state index contributed by atoms with van der Waals surface area (Å²) in [6.45, 7) is 1.65. The van der Waals surface area contributed by atoms with E-state index in [9.17, 15) is 22.8 Å². The molecule has 3 rings (SSSR count). The minimum absolute atomic E-state index is 0.133. The molecule has 3 aromatic carbocycles. The van der Waals surface area contributed by atoms with Crippen molar-refractivity contribution in [3.8, 4) is 0 Å². The number of carbonyl (C=O) groups excluding carboxylic acids is 2. The Balaban J connectivity index is 1.73. The van der Waals surface area contributed by atoms with Crippen molar-refractivity contribution < 1.29 is 22.8 Å². The molecule has 0 fully saturated rings. The highest BCUT2D eigenvalue weighted by atomic mass is 19.4. The van der Waals surface area contributed by atoms with E-state index in [1.165, 1.54) is 23.1 Å². The number of hydrogen-bond acceptors (Lipinski definition) is 2. The lowest BCUT2D eigenvalue weighted by Crippen LogP contribution is -2.38. The Kier molecular flexibility index (Phi) is 7.87. The molecule has 0 atom stereocenters. The summed E-state index contributed by atoms with van der Waals surface area (Å²) in [5, 5.41) is 2.30. The van der Waals surface area contributed by atoms with Gasteiger partial charge in [0.05, 0.1) is 17.8 Å². The van der Waals surface area contributed by atoms with Gasteiger partial charge in [-0.05, 0) is 30.2 Å². The molecule has 2 amide bonds. The molecule has 3 aromatic rings. The molecule has 33 heavy (non-hydrogen) atoms. The van der Waals surface area contributed by atoms with Crippen molar-refractivity contribution in [3.05, 3.63) is 102 Å². The molecular formula is C26H25F3N2O2. The predicted molar refractivity (Wildman–Crippen MR) is 122 cm³/mol. The molecule has 0 unspecified atom stereocenters. The smallest absolute Gasteiger partial charge is 0.334 e. The van der Waals surface area contributed by atoms with Gasteiger partial charge in [0.15, 0.2) is 0 Å². The van der Waals surface area contributed by atoms with Crippen LogP contribution in [0.1, 0.15) is 36.0 Å². The van der Waals surface area contributed by atoms with E-state index < -0.39 is 17.6 Å². The van der Waals surface area contributed by atoms with E-state index in [0.29, 0.717) is 0 Å². The van der Waals surface area contributed by atoms with Gasteiger partial charge in [-0.25, -0.2) is 0 Å². The summed E-state index contributed by atoms with van der Waals surface area (Å²) in [6.07, 6.45) is -4.46. The minimum atomic E-state index is -4.59. The SMILES string of the molecule is CCN(CC(=O)Nc1ccccc1C(F)(F)F)C(=O)CC(c1ccccc1)c1ccccc1. The Hall–Kier alpha value is -3.61. The van der Waals surface area contributed by atoms with Crippen molar-refractivity contribution in [2.24, 2.45) is 0 Å². The third-order valence-corrected chi connectivity index (χ3v) is 5.36. The Morgan fingerprint density at radius 1 is 0.848 bits per heavy atom. The molecule has 0 spiro atoms. The highest BCUT2D eigenvalue weighted by Gasteiger charge is 2.33. The van der Waals surface area contributed by atoms with Gasteiger partial charge in [0.2, 0.25) is 11.8 Å². The van der Waals surface area contributed by atoms with Crippen molar-refractivity contribution >= 4 is 17.5 Å². The third-order valence-electron chi connectivity index (χ3n) is 5.36. The molecule has 0 bridgehead atoms. The normalized spacial score (nSPS) is 11.3. The second kappa shape index (κ2) is 10.8. The van der Waals surface area contributed by atoms with Crippen molar-refractivity contribution in [2.75, 3.05) is 18.4 Å². The summed E-state index contributed by atoms with van der Waals surface area (Å²) in [6, 6.07) is 24.0. The second-order valence-corrected chi connectivity index (χ2v) is 7.58. The summed E-state index contributed by atoms with van der Waals surface area (Å²) >= 11 is 0. The quantitative estimate of drug-likeness (QED) is 0.474. The lowest BCUT2D eigenvalue weighted by atomic mass is 9.88. The van der Waals surface area contributed by atoms with Crippen LogP contribution in [0.4, 0.5) is 18.9 Å². The van der Waals surface area contributed by atoms with E-state index in [0.717, 1.165) is 17.2 Å². The summed E-state index contributed by atoms with van der Waals surface area (Å²) in [5.41, 5.74) is 0.680. The number of halogens is 3. The third kappa shape index (κ3) is 6.44. The van der Waals surface area contributed by atoms with E-state index in [1.54, 1.807) is 6.92 Å². The Morgan fingerprint density at radius 2 is 1.36 bits per heavy atom. The maximum absolute atomic E-state index is 13.2. The largest absolute Gasteiger partial charge is 0.418 e. The summed E-state index contributed by atoms with van der Waals surface area (Å²) < 4.78 is 39.6. The first-order valence-electron chi connectivity index (χ1n) is 10.6. The number of amides is 2. The number of hydrogen-bond donors (Lipinski definition) is 1. The van der Waals surface area contributed by atoms with Crippen LogP contribution in [0.2, 0.25) is 0 Å². The van der Waals surface area contributed by atoms with Crippen LogP contribution < -0.4 is 5.32 Å². The lowest BCUT2D eigenvalue weighted by Gasteiger charge is -2.24. The van der Waals surface area contributed by atoms with Crippen LogP contribution in [-0.4, -0.2) is 29.8 Å². The standard InChI is InChI=1S/C26H25F3N2O2/c1-2-31(18-24(32)30-23-16-10-9-15-22(23)26(27,28)29)25(33)17-21(19-11-5-3-6-12-19)20-13-7-4-8-14-20/h3-16,21H,2,17-18H2,1H3,(H,30,32). The highest BCUT2D eigenvalue weighted by molar-refractivity contribution is 5.95. The van der Waals surface area contributed by atoms with Crippen LogP contribution in [-0.2, 0) is 15.8 Å². The number of anilines is 1. The minimum Gasteiger partial charge on any atom is -0.334 e. The molecule has 0 aliphatic rings. The number of benzene rings is 3. The Morgan fingerprint density at radius 3 is 1.88 bits per heavy atom. The zero-order valence-electron chi connectivity index (χ0n) is 18.2. The van der Waals surface area contributed by atoms with Crippen molar-refractivity contribution in [3.63, 3.8) is 0 Å². The molecule has 172 valence electrons. The van der Waals surface area contributed by atoms with Gasteiger partial charge < -0.3 is 10.2 Å². The van der Waals surface area contributed by atoms with Crippen molar-refractivity contribution in [1.82, 2.24) is 4.90 Å². The molecule has 7 heteroatoms. The molecule has 0 aliphatic heterocycles. The molecule has 0 heterocycles. The van der Waals surface area contributed by atoms with E-state index in [-0.39, 0.29) is 37.0 Å². The number of nitrogens with zero attached hydrogens (tertiary/aromatic N) is 1. The van der Waals surface area contributed by atoms with Crippen LogP contribution in [0, 0.1) is 0 Å². The van der Waals surface area contributed by atoms with Crippen LogP contribution in [0.25, 0.3) is 0 Å². The molecule has 0 radical (unpaired) electrons. The van der Waals surface area contributed by atoms with E-state index in [4.69, 9.17) is 0 Å². The average Bonchev–Trinajstić information content (AvgIpc) is 2.81. The highest BCUT2D eigenvalue weighted by Crippen LogP contribution is 2.34. The van der Waals surface area contributed by atoms with Gasteiger partial charge in [0, 0.05) is 18.9 Å². The zero-order chi connectivity index (χ0) is 23.8. The van der Waals surface area contributed by atoms with Gasteiger partial charge in [-0.15, -0.1) is 0 Å². The fourth-order valence-electron chi connectivity index (χ4n) is 3.68.